The zero-order valence-electron chi connectivity index (χ0n) is 16.0. The molecular weight excluding hydrogens is 361 g/mol. The molecule has 3 nitrogen and oxygen atoms in total. The van der Waals surface area contributed by atoms with E-state index in [9.17, 15) is 0 Å². The summed E-state index contributed by atoms with van der Waals surface area (Å²) in [6.45, 7) is 11.0. The quantitative estimate of drug-likeness (QED) is 0.417. The lowest BCUT2D eigenvalue weighted by atomic mass is 9.68. The second-order valence-corrected chi connectivity index (χ2v) is 8.79. The average Bonchev–Trinajstić information content (AvgIpc) is 2.53. The van der Waals surface area contributed by atoms with Gasteiger partial charge in [-0.1, -0.05) is 20.8 Å². The lowest BCUT2D eigenvalue weighted by molar-refractivity contribution is 0.317. The molecule has 1 heterocycles. The molecule has 1 aliphatic rings. The molecule has 0 bridgehead atoms. The molecule has 1 aliphatic heterocycles. The minimum Gasteiger partial charge on any atom is -0.361 e. The summed E-state index contributed by atoms with van der Waals surface area (Å²) < 4.78 is 7.62. The Labute approximate surface area is 166 Å². The van der Waals surface area contributed by atoms with Crippen molar-refractivity contribution in [1.82, 2.24) is 14.2 Å². The third-order valence-corrected chi connectivity index (χ3v) is 6.17. The van der Waals surface area contributed by atoms with Crippen LogP contribution in [0.2, 0.25) is 0 Å². The molecule has 0 aromatic heterocycles. The molecule has 24 heavy (non-hydrogen) atoms. The summed E-state index contributed by atoms with van der Waals surface area (Å²) in [4.78, 5) is 0. The van der Waals surface area contributed by atoms with Crippen LogP contribution in [0.5, 0.6) is 0 Å². The van der Waals surface area contributed by atoms with Crippen LogP contribution in [0.25, 0.3) is 0 Å². The van der Waals surface area contributed by atoms with Crippen LogP contribution in [0, 0.1) is 0 Å². The van der Waals surface area contributed by atoms with Crippen LogP contribution in [0.15, 0.2) is 0 Å². The van der Waals surface area contributed by atoms with E-state index in [4.69, 9.17) is 34.8 Å². The second kappa shape index (κ2) is 11.6. The Kier molecular flexibility index (Phi) is 11.1. The summed E-state index contributed by atoms with van der Waals surface area (Å²) in [5.41, 5.74) is 0. The van der Waals surface area contributed by atoms with Crippen LogP contribution in [-0.4, -0.2) is 71.6 Å². The molecule has 4 unspecified atom stereocenters. The van der Waals surface area contributed by atoms with Crippen molar-refractivity contribution in [1.29, 1.82) is 0 Å². The van der Waals surface area contributed by atoms with Crippen LogP contribution in [-0.2, 0) is 0 Å². The van der Waals surface area contributed by atoms with Crippen molar-refractivity contribution in [3.8, 4) is 0 Å². The Bertz CT molecular complexity index is 349. The van der Waals surface area contributed by atoms with Gasteiger partial charge in [0.15, 0.2) is 0 Å². The first-order valence-electron chi connectivity index (χ1n) is 9.45. The Balaban J connectivity index is 3.01. The van der Waals surface area contributed by atoms with Gasteiger partial charge in [0.25, 0.3) is 22.6 Å². The third-order valence-electron chi connectivity index (χ3n) is 5.37. The van der Waals surface area contributed by atoms with Crippen molar-refractivity contribution in [2.24, 2.45) is 0 Å². The number of rotatable bonds is 10. The maximum absolute atomic E-state index is 6.51. The number of nitrogens with zero attached hydrogens (tertiary/aromatic N) is 3. The summed E-state index contributed by atoms with van der Waals surface area (Å²) >= 11 is 19.1. The predicted octanol–water partition coefficient (Wildman–Crippen LogP) is 2.92. The van der Waals surface area contributed by atoms with Gasteiger partial charge in [-0.25, -0.2) is 0 Å². The zero-order chi connectivity index (χ0) is 18.3. The van der Waals surface area contributed by atoms with Gasteiger partial charge in [-0.2, -0.15) is 0 Å². The molecule has 4 atom stereocenters. The highest BCUT2D eigenvalue weighted by Crippen LogP contribution is 2.22. The predicted molar refractivity (Wildman–Crippen MR) is 115 cm³/mol. The van der Waals surface area contributed by atoms with Crippen molar-refractivity contribution in [2.45, 2.75) is 89.2 Å². The first-order chi connectivity index (χ1) is 11.4. The third kappa shape index (κ3) is 6.28. The molecule has 0 saturated carbocycles. The smallest absolute Gasteiger partial charge is 0.271 e. The van der Waals surface area contributed by atoms with Gasteiger partial charge in [0.05, 0.1) is 0 Å². The van der Waals surface area contributed by atoms with Crippen molar-refractivity contribution in [2.75, 3.05) is 5.88 Å². The molecule has 138 valence electrons. The molecule has 0 amide bonds. The van der Waals surface area contributed by atoms with E-state index in [1.54, 1.807) is 0 Å². The maximum atomic E-state index is 6.51. The molecule has 0 N–H and O–H groups in total. The SMILES string of the molecule is CCC(CC)N1BN(C(CC)C(C)Cl)BN(C(CCCl)C(C)Cl)B1. The van der Waals surface area contributed by atoms with E-state index in [-0.39, 0.29) is 10.8 Å². The first-order valence-corrected chi connectivity index (χ1v) is 10.9. The van der Waals surface area contributed by atoms with E-state index < -0.39 is 0 Å². The van der Waals surface area contributed by atoms with E-state index in [0.29, 0.717) is 24.0 Å². The molecule has 0 aliphatic carbocycles. The van der Waals surface area contributed by atoms with E-state index in [0.717, 1.165) is 35.5 Å². The first kappa shape index (κ1) is 23.0. The van der Waals surface area contributed by atoms with E-state index in [1.807, 2.05) is 0 Å². The van der Waals surface area contributed by atoms with Gasteiger partial charge in [0.1, 0.15) is 0 Å². The van der Waals surface area contributed by atoms with E-state index >= 15 is 0 Å². The average molecular weight is 394 g/mol. The number of hydrogen-bond acceptors (Lipinski definition) is 3. The van der Waals surface area contributed by atoms with Crippen LogP contribution in [0.4, 0.5) is 0 Å². The van der Waals surface area contributed by atoms with Crippen molar-refractivity contribution < 1.29 is 0 Å². The Morgan fingerprint density at radius 1 is 0.750 bits per heavy atom. The molecule has 0 spiro atoms. The Morgan fingerprint density at radius 2 is 1.21 bits per heavy atom. The fourth-order valence-corrected chi connectivity index (χ4v) is 4.82. The highest BCUT2D eigenvalue weighted by molar-refractivity contribution is 6.65. The van der Waals surface area contributed by atoms with Crippen molar-refractivity contribution in [3.05, 3.63) is 0 Å². The molecule has 0 aromatic carbocycles. The molecule has 9 heteroatoms. The number of alkyl halides is 3. The molecular formula is C15H33B3Cl3N3. The highest BCUT2D eigenvalue weighted by Gasteiger charge is 2.38. The van der Waals surface area contributed by atoms with Crippen LogP contribution >= 0.6 is 34.8 Å². The fourth-order valence-electron chi connectivity index (χ4n) is 3.98. The molecule has 1 saturated heterocycles. The van der Waals surface area contributed by atoms with Gasteiger partial charge >= 0.3 is 0 Å². The second-order valence-electron chi connectivity index (χ2n) is 7.04. The van der Waals surface area contributed by atoms with Crippen molar-refractivity contribution >= 4 is 57.5 Å². The summed E-state index contributed by atoms with van der Waals surface area (Å²) in [7, 11) is 2.88. The maximum Gasteiger partial charge on any atom is 0.271 e. The molecule has 0 radical (unpaired) electrons. The molecule has 1 fully saturated rings. The fraction of sp³-hybridized carbons (Fsp3) is 1.00. The molecule has 1 rings (SSSR count). The monoisotopic (exact) mass is 393 g/mol. The van der Waals surface area contributed by atoms with Crippen LogP contribution in [0.1, 0.15) is 60.3 Å². The van der Waals surface area contributed by atoms with Gasteiger partial charge in [-0.15, -0.1) is 34.8 Å². The normalized spacial score (nSPS) is 22.4. The van der Waals surface area contributed by atoms with Crippen LogP contribution < -0.4 is 0 Å². The summed E-state index contributed by atoms with van der Waals surface area (Å²) in [5, 5.41) is 0.221. The lowest BCUT2D eigenvalue weighted by Gasteiger charge is -2.49. The Hall–Kier alpha value is 0.945. The van der Waals surface area contributed by atoms with Gasteiger partial charge in [0, 0.05) is 28.7 Å². The largest absolute Gasteiger partial charge is 0.361 e. The van der Waals surface area contributed by atoms with E-state index in [2.05, 4.69) is 48.8 Å². The van der Waals surface area contributed by atoms with Gasteiger partial charge in [-0.05, 0) is 45.6 Å². The highest BCUT2D eigenvalue weighted by atomic mass is 35.5. The minimum atomic E-state index is 0.0840. The van der Waals surface area contributed by atoms with Crippen molar-refractivity contribution in [3.63, 3.8) is 0 Å². The summed E-state index contributed by atoms with van der Waals surface area (Å²) in [6, 6.07) is 1.28. The lowest BCUT2D eigenvalue weighted by Crippen LogP contribution is -2.69. The number of halogens is 3. The summed E-state index contributed by atoms with van der Waals surface area (Å²) in [6.07, 6.45) is 4.32. The van der Waals surface area contributed by atoms with Gasteiger partial charge < -0.3 is 14.2 Å². The number of hydrogen-bond donors (Lipinski definition) is 0. The topological polar surface area (TPSA) is 9.72 Å². The van der Waals surface area contributed by atoms with Gasteiger partial charge in [-0.3, -0.25) is 0 Å². The van der Waals surface area contributed by atoms with E-state index in [1.165, 1.54) is 12.8 Å². The molecule has 0 aromatic rings. The zero-order valence-corrected chi connectivity index (χ0v) is 18.3. The Morgan fingerprint density at radius 3 is 1.58 bits per heavy atom. The standard InChI is InChI=1S/C15H33B3Cl3N3/c1-6-13(7-2)22-16-23(14(8-3)11(4)20)18-24(17-22)15(9-10-19)12(5)21/h11-18H,6-10H2,1-5H3. The van der Waals surface area contributed by atoms with Crippen LogP contribution in [0.3, 0.4) is 0 Å². The van der Waals surface area contributed by atoms with Gasteiger partial charge in [0.2, 0.25) is 0 Å². The minimum absolute atomic E-state index is 0.0840. The summed E-state index contributed by atoms with van der Waals surface area (Å²) in [5.74, 6) is 0.645.